The molecule has 0 aromatic heterocycles. The number of likely N-dealkylation sites (tertiary alicyclic amines) is 1. The molecule has 5 heteroatoms. The fourth-order valence-electron chi connectivity index (χ4n) is 2.99. The molecule has 132 valence electrons. The van der Waals surface area contributed by atoms with E-state index in [9.17, 15) is 4.39 Å². The third-order valence-electron chi connectivity index (χ3n) is 4.34. The van der Waals surface area contributed by atoms with Crippen LogP contribution in [0.3, 0.4) is 0 Å². The van der Waals surface area contributed by atoms with Crippen molar-refractivity contribution in [2.24, 2.45) is 0 Å². The van der Waals surface area contributed by atoms with Crippen molar-refractivity contribution in [1.29, 1.82) is 0 Å². The smallest absolute Gasteiger partial charge is 0.161 e. The number of hydrogen-bond acceptors (Lipinski definition) is 3. The maximum absolute atomic E-state index is 13.3. The van der Waals surface area contributed by atoms with Crippen molar-refractivity contribution < 1.29 is 13.9 Å². The average molecular weight is 359 g/mol. The van der Waals surface area contributed by atoms with Crippen LogP contribution in [0.5, 0.6) is 11.5 Å². The van der Waals surface area contributed by atoms with Gasteiger partial charge in [-0.05, 0) is 55.2 Å². The van der Waals surface area contributed by atoms with E-state index in [4.69, 9.17) is 21.7 Å². The zero-order valence-electron chi connectivity index (χ0n) is 14.3. The van der Waals surface area contributed by atoms with Gasteiger partial charge in [-0.2, -0.15) is 0 Å². The lowest BCUT2D eigenvalue weighted by atomic mass is 10.1. The predicted molar refractivity (Wildman–Crippen MR) is 101 cm³/mol. The Morgan fingerprint density at radius 1 is 1.08 bits per heavy atom. The van der Waals surface area contributed by atoms with Crippen LogP contribution in [0.4, 0.5) is 4.39 Å². The molecule has 0 saturated carbocycles. The maximum atomic E-state index is 13.3. The van der Waals surface area contributed by atoms with Gasteiger partial charge in [0.05, 0.1) is 7.11 Å². The van der Waals surface area contributed by atoms with Crippen molar-refractivity contribution in [2.75, 3.05) is 20.2 Å². The van der Waals surface area contributed by atoms with Gasteiger partial charge in [0.2, 0.25) is 0 Å². The van der Waals surface area contributed by atoms with E-state index in [0.29, 0.717) is 11.5 Å². The number of rotatable bonds is 5. The number of hydrogen-bond donors (Lipinski definition) is 0. The molecule has 0 bridgehead atoms. The normalized spacial score (nSPS) is 14.2. The first-order valence-corrected chi connectivity index (χ1v) is 8.93. The molecule has 0 unspecified atom stereocenters. The number of nitrogens with zero attached hydrogens (tertiary/aromatic N) is 1. The van der Waals surface area contributed by atoms with Crippen molar-refractivity contribution in [1.82, 2.24) is 4.90 Å². The Balaban J connectivity index is 1.71. The summed E-state index contributed by atoms with van der Waals surface area (Å²) in [5.41, 5.74) is 1.74. The summed E-state index contributed by atoms with van der Waals surface area (Å²) in [7, 11) is 1.61. The molecule has 1 fully saturated rings. The van der Waals surface area contributed by atoms with Crippen LogP contribution in [0, 0.1) is 5.82 Å². The van der Waals surface area contributed by atoms with Gasteiger partial charge in [0, 0.05) is 18.7 Å². The number of piperidine rings is 1. The zero-order valence-corrected chi connectivity index (χ0v) is 15.2. The van der Waals surface area contributed by atoms with Gasteiger partial charge < -0.3 is 14.4 Å². The third kappa shape index (κ3) is 4.48. The highest BCUT2D eigenvalue weighted by Crippen LogP contribution is 2.30. The largest absolute Gasteiger partial charge is 0.493 e. The Labute approximate surface area is 153 Å². The molecule has 0 aliphatic carbocycles. The lowest BCUT2D eigenvalue weighted by Crippen LogP contribution is -2.34. The molecule has 2 aromatic rings. The summed E-state index contributed by atoms with van der Waals surface area (Å²) in [6.45, 7) is 2.31. The highest BCUT2D eigenvalue weighted by atomic mass is 32.1. The van der Waals surface area contributed by atoms with E-state index in [1.165, 1.54) is 31.4 Å². The van der Waals surface area contributed by atoms with Gasteiger partial charge in [-0.25, -0.2) is 4.39 Å². The van der Waals surface area contributed by atoms with Gasteiger partial charge in [-0.3, -0.25) is 0 Å². The molecule has 25 heavy (non-hydrogen) atoms. The summed E-state index contributed by atoms with van der Waals surface area (Å²) in [4.78, 5) is 3.11. The monoisotopic (exact) mass is 359 g/mol. The summed E-state index contributed by atoms with van der Waals surface area (Å²) in [6.07, 6.45) is 3.65. The van der Waals surface area contributed by atoms with E-state index in [2.05, 4.69) is 4.90 Å². The molecular formula is C20H22FNO2S. The van der Waals surface area contributed by atoms with Crippen molar-refractivity contribution >= 4 is 17.2 Å². The van der Waals surface area contributed by atoms with Crippen LogP contribution in [0.15, 0.2) is 42.5 Å². The first-order chi connectivity index (χ1) is 12.2. The Hall–Kier alpha value is -2.14. The predicted octanol–water partition coefficient (Wildman–Crippen LogP) is 4.57. The molecule has 1 saturated heterocycles. The minimum Gasteiger partial charge on any atom is -0.493 e. The van der Waals surface area contributed by atoms with Gasteiger partial charge in [-0.15, -0.1) is 0 Å². The standard InChI is InChI=1S/C20H22FNO2S/c1-23-19-13-16(20(25)22-10-3-2-4-11-22)8-9-18(19)24-14-15-6-5-7-17(21)12-15/h5-9,12-13H,2-4,10-11,14H2,1H3. The SMILES string of the molecule is COc1cc(C(=S)N2CCCCC2)ccc1OCc1cccc(F)c1. The molecule has 1 aliphatic heterocycles. The van der Waals surface area contributed by atoms with Crippen LogP contribution in [0.25, 0.3) is 0 Å². The minimum absolute atomic E-state index is 0.268. The van der Waals surface area contributed by atoms with Crippen LogP contribution in [-0.2, 0) is 6.61 Å². The topological polar surface area (TPSA) is 21.7 Å². The molecule has 1 heterocycles. The molecule has 1 aliphatic rings. The van der Waals surface area contributed by atoms with Gasteiger partial charge in [0.25, 0.3) is 0 Å². The molecule has 0 spiro atoms. The summed E-state index contributed by atoms with van der Waals surface area (Å²) >= 11 is 5.63. The van der Waals surface area contributed by atoms with Crippen molar-refractivity contribution in [3.63, 3.8) is 0 Å². The van der Waals surface area contributed by atoms with E-state index >= 15 is 0 Å². The van der Waals surface area contributed by atoms with Crippen LogP contribution in [-0.4, -0.2) is 30.1 Å². The summed E-state index contributed by atoms with van der Waals surface area (Å²) < 4.78 is 24.5. The first-order valence-electron chi connectivity index (χ1n) is 8.52. The van der Waals surface area contributed by atoms with E-state index < -0.39 is 0 Å². The van der Waals surface area contributed by atoms with Crippen LogP contribution < -0.4 is 9.47 Å². The molecule has 0 atom stereocenters. The molecular weight excluding hydrogens is 337 g/mol. The molecule has 3 nitrogen and oxygen atoms in total. The Kier molecular flexibility index (Phi) is 5.87. The second-order valence-corrected chi connectivity index (χ2v) is 6.52. The highest BCUT2D eigenvalue weighted by molar-refractivity contribution is 7.80. The van der Waals surface area contributed by atoms with Gasteiger partial charge in [0.1, 0.15) is 17.4 Å². The number of halogens is 1. The molecule has 0 amide bonds. The average Bonchev–Trinajstić information content (AvgIpc) is 2.66. The molecule has 3 rings (SSSR count). The van der Waals surface area contributed by atoms with E-state index in [-0.39, 0.29) is 12.4 Å². The Morgan fingerprint density at radius 2 is 1.88 bits per heavy atom. The lowest BCUT2D eigenvalue weighted by Gasteiger charge is -2.29. The molecule has 0 radical (unpaired) electrons. The summed E-state index contributed by atoms with van der Waals surface area (Å²) in [5, 5.41) is 0. The van der Waals surface area contributed by atoms with E-state index in [1.807, 2.05) is 24.3 Å². The number of methoxy groups -OCH3 is 1. The van der Waals surface area contributed by atoms with Crippen molar-refractivity contribution in [3.05, 3.63) is 59.4 Å². The lowest BCUT2D eigenvalue weighted by molar-refractivity contribution is 0.284. The Bertz CT molecular complexity index is 744. The van der Waals surface area contributed by atoms with Gasteiger partial charge in [0.15, 0.2) is 11.5 Å². The minimum atomic E-state index is -0.268. The summed E-state index contributed by atoms with van der Waals surface area (Å²) in [5.74, 6) is 0.987. The van der Waals surface area contributed by atoms with Gasteiger partial charge in [-0.1, -0.05) is 24.4 Å². The van der Waals surface area contributed by atoms with Crippen molar-refractivity contribution in [2.45, 2.75) is 25.9 Å². The second-order valence-electron chi connectivity index (χ2n) is 6.14. The second kappa shape index (κ2) is 8.30. The highest BCUT2D eigenvalue weighted by Gasteiger charge is 2.16. The number of ether oxygens (including phenoxy) is 2. The summed E-state index contributed by atoms with van der Waals surface area (Å²) in [6, 6.07) is 12.1. The van der Waals surface area contributed by atoms with Crippen molar-refractivity contribution in [3.8, 4) is 11.5 Å². The zero-order chi connectivity index (χ0) is 17.6. The number of thiocarbonyl (C=S) groups is 1. The van der Waals surface area contributed by atoms with E-state index in [1.54, 1.807) is 13.2 Å². The van der Waals surface area contributed by atoms with Gasteiger partial charge >= 0.3 is 0 Å². The van der Waals surface area contributed by atoms with E-state index in [0.717, 1.165) is 29.2 Å². The van der Waals surface area contributed by atoms with Crippen LogP contribution in [0.2, 0.25) is 0 Å². The van der Waals surface area contributed by atoms with Crippen LogP contribution in [0.1, 0.15) is 30.4 Å². The maximum Gasteiger partial charge on any atom is 0.161 e. The third-order valence-corrected chi connectivity index (χ3v) is 4.83. The quantitative estimate of drug-likeness (QED) is 0.729. The fourth-order valence-corrected chi connectivity index (χ4v) is 3.30. The molecule has 2 aromatic carbocycles. The Morgan fingerprint density at radius 3 is 2.60 bits per heavy atom. The number of benzene rings is 2. The fraction of sp³-hybridized carbons (Fsp3) is 0.350. The van der Waals surface area contributed by atoms with Crippen LogP contribution >= 0.6 is 12.2 Å². The molecule has 0 N–H and O–H groups in total. The first kappa shape index (κ1) is 17.7.